The summed E-state index contributed by atoms with van der Waals surface area (Å²) in [5, 5.41) is 6.67. The van der Waals surface area contributed by atoms with Crippen LogP contribution in [0, 0.1) is 12.8 Å². The first-order chi connectivity index (χ1) is 14.1. The van der Waals surface area contributed by atoms with E-state index < -0.39 is 0 Å². The summed E-state index contributed by atoms with van der Waals surface area (Å²) in [5.74, 6) is 1.30. The van der Waals surface area contributed by atoms with Crippen molar-refractivity contribution in [1.29, 1.82) is 0 Å². The number of hydrogen-bond donors (Lipinski definition) is 1. The second-order valence-electron chi connectivity index (χ2n) is 7.45. The highest BCUT2D eigenvalue weighted by atomic mass is 35.5. The van der Waals surface area contributed by atoms with E-state index in [1.807, 2.05) is 17.5 Å². The van der Waals surface area contributed by atoms with Crippen molar-refractivity contribution in [3.05, 3.63) is 80.8 Å². The molecule has 4 nitrogen and oxygen atoms in total. The first-order valence-electron chi connectivity index (χ1n) is 9.74. The van der Waals surface area contributed by atoms with Gasteiger partial charge in [-0.15, -0.1) is 11.3 Å². The first-order valence-corrected chi connectivity index (χ1v) is 11.0. The van der Waals surface area contributed by atoms with Gasteiger partial charge < -0.3 is 10.1 Å². The van der Waals surface area contributed by atoms with Crippen LogP contribution in [-0.4, -0.2) is 10.9 Å². The van der Waals surface area contributed by atoms with Crippen LogP contribution < -0.4 is 10.1 Å². The fourth-order valence-corrected chi connectivity index (χ4v) is 4.07. The summed E-state index contributed by atoms with van der Waals surface area (Å²) < 4.78 is 5.73. The molecule has 1 aliphatic rings. The number of halogens is 1. The standard InChI is InChI=1S/C23H23ClN2O2S/c1-15-2-4-16(5-3-15)23(17-6-7-17)26-21(27)12-19-14-29-22(25-19)13-28-20-10-8-18(24)9-11-20/h2-5,8-11,14,17,23H,6-7,12-13H2,1H3,(H,26,27). The summed E-state index contributed by atoms with van der Waals surface area (Å²) in [6.45, 7) is 2.45. The van der Waals surface area contributed by atoms with Gasteiger partial charge in [-0.3, -0.25) is 4.79 Å². The van der Waals surface area contributed by atoms with Crippen LogP contribution in [-0.2, 0) is 17.8 Å². The number of aromatic nitrogens is 1. The molecule has 0 aliphatic heterocycles. The van der Waals surface area contributed by atoms with Gasteiger partial charge in [0.25, 0.3) is 0 Å². The summed E-state index contributed by atoms with van der Waals surface area (Å²) in [7, 11) is 0. The molecule has 1 fully saturated rings. The largest absolute Gasteiger partial charge is 0.486 e. The molecule has 1 aliphatic carbocycles. The molecule has 0 bridgehead atoms. The van der Waals surface area contributed by atoms with E-state index in [0.29, 0.717) is 17.5 Å². The van der Waals surface area contributed by atoms with Gasteiger partial charge in [0.1, 0.15) is 17.4 Å². The van der Waals surface area contributed by atoms with Gasteiger partial charge in [0.05, 0.1) is 18.2 Å². The van der Waals surface area contributed by atoms with Crippen molar-refractivity contribution >= 4 is 28.8 Å². The molecule has 0 radical (unpaired) electrons. The molecular weight excluding hydrogens is 404 g/mol. The fourth-order valence-electron chi connectivity index (χ4n) is 3.24. The number of aryl methyl sites for hydroxylation is 1. The van der Waals surface area contributed by atoms with Crippen LogP contribution in [0.2, 0.25) is 5.02 Å². The van der Waals surface area contributed by atoms with Crippen LogP contribution in [0.1, 0.15) is 40.7 Å². The number of ether oxygens (including phenoxy) is 1. The lowest BCUT2D eigenvalue weighted by Crippen LogP contribution is -2.31. The van der Waals surface area contributed by atoms with Gasteiger partial charge in [0.2, 0.25) is 5.91 Å². The Morgan fingerprint density at radius 3 is 2.62 bits per heavy atom. The van der Waals surface area contributed by atoms with Gasteiger partial charge >= 0.3 is 0 Å². The van der Waals surface area contributed by atoms with E-state index in [4.69, 9.17) is 16.3 Å². The van der Waals surface area contributed by atoms with Gasteiger partial charge in [-0.25, -0.2) is 4.98 Å². The topological polar surface area (TPSA) is 51.2 Å². The molecule has 6 heteroatoms. The molecule has 3 aromatic rings. The Hall–Kier alpha value is -2.37. The second-order valence-corrected chi connectivity index (χ2v) is 8.82. The molecule has 0 spiro atoms. The summed E-state index contributed by atoms with van der Waals surface area (Å²) in [6.07, 6.45) is 2.62. The van der Waals surface area contributed by atoms with Crippen molar-refractivity contribution in [2.75, 3.05) is 0 Å². The van der Waals surface area contributed by atoms with Gasteiger partial charge in [0.15, 0.2) is 0 Å². The molecule has 1 unspecified atom stereocenters. The molecule has 0 saturated heterocycles. The second kappa shape index (κ2) is 8.97. The smallest absolute Gasteiger partial charge is 0.226 e. The number of carbonyl (C=O) groups is 1. The Balaban J connectivity index is 1.32. The van der Waals surface area contributed by atoms with Crippen LogP contribution in [0.3, 0.4) is 0 Å². The molecule has 1 amide bonds. The maximum absolute atomic E-state index is 12.6. The molecule has 1 aromatic heterocycles. The van der Waals surface area contributed by atoms with Crippen molar-refractivity contribution in [2.24, 2.45) is 5.92 Å². The molecule has 1 heterocycles. The molecule has 1 saturated carbocycles. The highest BCUT2D eigenvalue weighted by Crippen LogP contribution is 2.41. The first kappa shape index (κ1) is 19.9. The number of thiazole rings is 1. The zero-order chi connectivity index (χ0) is 20.2. The quantitative estimate of drug-likeness (QED) is 0.517. The fraction of sp³-hybridized carbons (Fsp3) is 0.304. The van der Waals surface area contributed by atoms with Crippen molar-refractivity contribution in [1.82, 2.24) is 10.3 Å². The summed E-state index contributed by atoms with van der Waals surface area (Å²) >= 11 is 7.39. The number of nitrogens with zero attached hydrogens (tertiary/aromatic N) is 1. The predicted octanol–water partition coefficient (Wildman–Crippen LogP) is 5.49. The molecular formula is C23H23ClN2O2S. The Morgan fingerprint density at radius 1 is 1.21 bits per heavy atom. The highest BCUT2D eigenvalue weighted by molar-refractivity contribution is 7.09. The normalized spacial score (nSPS) is 14.4. The lowest BCUT2D eigenvalue weighted by molar-refractivity contribution is -0.121. The van der Waals surface area contributed by atoms with Crippen LogP contribution in [0.5, 0.6) is 5.75 Å². The lowest BCUT2D eigenvalue weighted by atomic mass is 10.0. The third kappa shape index (κ3) is 5.58. The third-order valence-corrected chi connectivity index (χ3v) is 6.09. The minimum atomic E-state index is 0.0120. The van der Waals surface area contributed by atoms with Crippen molar-refractivity contribution in [3.63, 3.8) is 0 Å². The number of hydrogen-bond acceptors (Lipinski definition) is 4. The van der Waals surface area contributed by atoms with Crippen LogP contribution in [0.25, 0.3) is 0 Å². The third-order valence-electron chi connectivity index (χ3n) is 4.96. The van der Waals surface area contributed by atoms with Crippen molar-refractivity contribution in [2.45, 2.75) is 38.8 Å². The number of amides is 1. The van der Waals surface area contributed by atoms with E-state index in [2.05, 4.69) is 41.5 Å². The Kier molecular flexibility index (Phi) is 6.16. The van der Waals surface area contributed by atoms with Crippen molar-refractivity contribution in [3.8, 4) is 5.75 Å². The zero-order valence-corrected chi connectivity index (χ0v) is 17.8. The number of nitrogens with one attached hydrogen (secondary N) is 1. The Bertz CT molecular complexity index is 965. The van der Waals surface area contributed by atoms with E-state index in [0.717, 1.165) is 16.5 Å². The summed E-state index contributed by atoms with van der Waals surface area (Å²) in [6, 6.07) is 15.8. The number of benzene rings is 2. The minimum absolute atomic E-state index is 0.0120. The predicted molar refractivity (Wildman–Crippen MR) is 116 cm³/mol. The monoisotopic (exact) mass is 426 g/mol. The van der Waals surface area contributed by atoms with Gasteiger partial charge in [-0.1, -0.05) is 41.4 Å². The van der Waals surface area contributed by atoms with Crippen LogP contribution in [0.15, 0.2) is 53.9 Å². The molecule has 29 heavy (non-hydrogen) atoms. The Labute approximate surface area is 179 Å². The van der Waals surface area contributed by atoms with E-state index in [1.54, 1.807) is 12.1 Å². The van der Waals surface area contributed by atoms with E-state index >= 15 is 0 Å². The van der Waals surface area contributed by atoms with Crippen molar-refractivity contribution < 1.29 is 9.53 Å². The van der Waals surface area contributed by atoms with E-state index in [9.17, 15) is 4.79 Å². The molecule has 150 valence electrons. The zero-order valence-electron chi connectivity index (χ0n) is 16.2. The van der Waals surface area contributed by atoms with Crippen LogP contribution in [0.4, 0.5) is 0 Å². The highest BCUT2D eigenvalue weighted by Gasteiger charge is 2.33. The number of rotatable bonds is 8. The van der Waals surface area contributed by atoms with E-state index in [-0.39, 0.29) is 18.4 Å². The Morgan fingerprint density at radius 2 is 1.93 bits per heavy atom. The molecule has 2 aromatic carbocycles. The van der Waals surface area contributed by atoms with Gasteiger partial charge in [-0.2, -0.15) is 0 Å². The summed E-state index contributed by atoms with van der Waals surface area (Å²) in [4.78, 5) is 17.2. The molecule has 4 rings (SSSR count). The summed E-state index contributed by atoms with van der Waals surface area (Å²) in [5.41, 5.74) is 3.19. The SMILES string of the molecule is Cc1ccc(C(NC(=O)Cc2csc(COc3ccc(Cl)cc3)n2)C2CC2)cc1. The maximum Gasteiger partial charge on any atom is 0.226 e. The average molecular weight is 427 g/mol. The van der Waals surface area contributed by atoms with Gasteiger partial charge in [0, 0.05) is 10.4 Å². The number of carbonyl (C=O) groups excluding carboxylic acids is 1. The molecule has 1 N–H and O–H groups in total. The lowest BCUT2D eigenvalue weighted by Gasteiger charge is -2.19. The van der Waals surface area contributed by atoms with Gasteiger partial charge in [-0.05, 0) is 55.5 Å². The average Bonchev–Trinajstić information content (AvgIpc) is 3.46. The maximum atomic E-state index is 12.6. The minimum Gasteiger partial charge on any atom is -0.486 e. The van der Waals surface area contributed by atoms with Crippen LogP contribution >= 0.6 is 22.9 Å². The molecule has 1 atom stereocenters. The van der Waals surface area contributed by atoms with E-state index in [1.165, 1.54) is 35.3 Å².